The van der Waals surface area contributed by atoms with E-state index >= 15 is 0 Å². The van der Waals surface area contributed by atoms with Crippen LogP contribution in [-0.2, 0) is 0 Å². The van der Waals surface area contributed by atoms with Gasteiger partial charge in [0.05, 0.1) is 38.2 Å². The zero-order chi connectivity index (χ0) is 48.9. The van der Waals surface area contributed by atoms with Crippen LogP contribution in [0.2, 0.25) is 0 Å². The molecule has 0 bridgehead atoms. The average molecular weight is 960 g/mol. The Labute approximate surface area is 423 Å². The molecule has 0 amide bonds. The van der Waals surface area contributed by atoms with E-state index in [9.17, 15) is 0 Å². The third kappa shape index (κ3) is 13.9. The van der Waals surface area contributed by atoms with E-state index in [0.717, 1.165) is 135 Å². The van der Waals surface area contributed by atoms with Gasteiger partial charge >= 0.3 is 0 Å². The highest BCUT2D eigenvalue weighted by Crippen LogP contribution is 2.47. The topological polar surface area (TPSA) is 65.9 Å². The summed E-state index contributed by atoms with van der Waals surface area (Å²) in [6, 6.07) is 41.3. The largest absolute Gasteiger partial charge is 0.493 e. The van der Waals surface area contributed by atoms with Gasteiger partial charge in [-0.05, 0) is 111 Å². The normalized spacial score (nSPS) is 11.3. The molecule has 0 N–H and O–H groups in total. The van der Waals surface area contributed by atoms with Crippen molar-refractivity contribution in [2.45, 2.75) is 144 Å². The maximum Gasteiger partial charge on any atom is 0.128 e. The van der Waals surface area contributed by atoms with Gasteiger partial charge in [0, 0.05) is 44.9 Å². The van der Waals surface area contributed by atoms with E-state index in [-0.39, 0.29) is 0 Å². The Morgan fingerprint density at radius 3 is 1.27 bits per heavy atom. The summed E-state index contributed by atoms with van der Waals surface area (Å²) < 4.78 is 36.9. The van der Waals surface area contributed by atoms with Crippen molar-refractivity contribution < 1.29 is 18.9 Å². The molecule has 6 aromatic carbocycles. The zero-order valence-electron chi connectivity index (χ0n) is 43.0. The minimum absolute atomic E-state index is 0.616. The number of aryl methyl sites for hydroxylation is 2. The predicted molar refractivity (Wildman–Crippen MR) is 296 cm³/mol. The molecule has 7 aromatic rings. The van der Waals surface area contributed by atoms with E-state index < -0.39 is 0 Å². The summed E-state index contributed by atoms with van der Waals surface area (Å²) >= 11 is 1.24. The average Bonchev–Trinajstić information content (AvgIpc) is 3.88. The Kier molecular flexibility index (Phi) is 20.4. The molecule has 0 atom stereocenters. The van der Waals surface area contributed by atoms with Crippen LogP contribution >= 0.6 is 11.7 Å². The number of unbranched alkanes of at least 4 members (excludes halogenated alkanes) is 12. The third-order valence-corrected chi connectivity index (χ3v) is 13.6. The molecule has 0 radical (unpaired) electrons. The van der Waals surface area contributed by atoms with Gasteiger partial charge in [0.15, 0.2) is 0 Å². The fourth-order valence-electron chi connectivity index (χ4n) is 9.04. The first kappa shape index (κ1) is 52.0. The quantitative estimate of drug-likeness (QED) is 0.0416. The minimum Gasteiger partial charge on any atom is -0.493 e. The maximum absolute atomic E-state index is 6.88. The number of benzene rings is 6. The summed E-state index contributed by atoms with van der Waals surface area (Å²) in [4.78, 5) is 2.31. The van der Waals surface area contributed by atoms with Gasteiger partial charge in [-0.3, -0.25) is 0 Å². The summed E-state index contributed by atoms with van der Waals surface area (Å²) in [6.45, 7) is 15.8. The van der Waals surface area contributed by atoms with Crippen molar-refractivity contribution in [2.75, 3.05) is 31.3 Å². The lowest BCUT2D eigenvalue weighted by atomic mass is 9.94. The second kappa shape index (κ2) is 27.5. The van der Waals surface area contributed by atoms with Crippen molar-refractivity contribution in [1.29, 1.82) is 0 Å². The summed E-state index contributed by atoms with van der Waals surface area (Å²) in [6.07, 6.45) is 18.1. The van der Waals surface area contributed by atoms with Gasteiger partial charge < -0.3 is 23.8 Å². The van der Waals surface area contributed by atoms with Crippen molar-refractivity contribution in [1.82, 2.24) is 8.75 Å². The molecule has 0 spiro atoms. The number of aromatic nitrogens is 2. The number of rotatable bonds is 30. The van der Waals surface area contributed by atoms with E-state index in [0.29, 0.717) is 26.4 Å². The molecule has 0 saturated carbocycles. The smallest absolute Gasteiger partial charge is 0.128 e. The molecule has 0 aliphatic rings. The Bertz CT molecular complexity index is 2640. The Balaban J connectivity index is 1.31. The molecule has 0 unspecified atom stereocenters. The summed E-state index contributed by atoms with van der Waals surface area (Å²) in [5.74, 6) is 3.38. The third-order valence-electron chi connectivity index (χ3n) is 13.1. The molecule has 7 nitrogen and oxygen atoms in total. The zero-order valence-corrected chi connectivity index (χ0v) is 43.8. The van der Waals surface area contributed by atoms with Gasteiger partial charge in [0.1, 0.15) is 34.0 Å². The molecular formula is C62H77N3O4S. The Hall–Kier alpha value is -5.86. The molecule has 0 fully saturated rings. The van der Waals surface area contributed by atoms with Gasteiger partial charge in [-0.2, -0.15) is 8.75 Å². The molecule has 1 heterocycles. The molecule has 0 aliphatic carbocycles. The molecule has 8 heteroatoms. The van der Waals surface area contributed by atoms with E-state index in [2.05, 4.69) is 162 Å². The van der Waals surface area contributed by atoms with Crippen LogP contribution in [-0.4, -0.2) is 35.2 Å². The van der Waals surface area contributed by atoms with E-state index in [1.807, 2.05) is 0 Å². The maximum atomic E-state index is 6.88. The number of nitrogens with zero attached hydrogens (tertiary/aromatic N) is 3. The molecule has 70 heavy (non-hydrogen) atoms. The van der Waals surface area contributed by atoms with Crippen LogP contribution in [0.5, 0.6) is 23.0 Å². The van der Waals surface area contributed by atoms with Crippen LogP contribution in [0, 0.1) is 13.8 Å². The van der Waals surface area contributed by atoms with Crippen LogP contribution in [0.3, 0.4) is 0 Å². The second-order valence-electron chi connectivity index (χ2n) is 18.8. The van der Waals surface area contributed by atoms with Crippen molar-refractivity contribution in [3.63, 3.8) is 0 Å². The van der Waals surface area contributed by atoms with Gasteiger partial charge in [0.25, 0.3) is 0 Å². The van der Waals surface area contributed by atoms with Crippen LogP contribution in [0.15, 0.2) is 115 Å². The molecule has 1 aromatic heterocycles. The standard InChI is InChI=1S/C62H77N3O4S/c1-7-11-15-22-38-66-57-44-55(58(42-47(57)6)67-39-23-16-12-8-2)52-36-37-53(62-61(52)63-70-64-62)56-45-59(68-40-24-17-13-9-3)54(43-60(56)69-41-25-18-14-10-4)48-30-34-51(35-31-48)65(49-26-20-19-21-27-49)50-32-28-46(5)29-33-50/h19-21,26-37,42-45H,7-18,22-25,38-41H2,1-6H3. The van der Waals surface area contributed by atoms with Crippen LogP contribution in [0.25, 0.3) is 44.4 Å². The highest BCUT2D eigenvalue weighted by molar-refractivity contribution is 7.00. The molecule has 0 aliphatic heterocycles. The fraction of sp³-hybridized carbons (Fsp3) is 0.419. The van der Waals surface area contributed by atoms with E-state index in [4.69, 9.17) is 27.7 Å². The molecule has 0 saturated heterocycles. The van der Waals surface area contributed by atoms with Crippen LogP contribution in [0.4, 0.5) is 17.1 Å². The lowest BCUT2D eigenvalue weighted by Gasteiger charge is -2.26. The number of fused-ring (bicyclic) bond motifs is 1. The number of hydrogen-bond donors (Lipinski definition) is 0. The lowest BCUT2D eigenvalue weighted by molar-refractivity contribution is 0.296. The number of ether oxygens (including phenoxy) is 4. The molecule has 370 valence electrons. The molecular weight excluding hydrogens is 883 g/mol. The minimum atomic E-state index is 0.616. The number of anilines is 3. The second-order valence-corrected chi connectivity index (χ2v) is 19.3. The first-order valence-electron chi connectivity index (χ1n) is 26.6. The predicted octanol–water partition coefficient (Wildman–Crippen LogP) is 18.6. The Morgan fingerprint density at radius 2 is 0.786 bits per heavy atom. The fourth-order valence-corrected chi connectivity index (χ4v) is 9.61. The first-order chi connectivity index (χ1) is 34.4. The number of hydrogen-bond acceptors (Lipinski definition) is 8. The van der Waals surface area contributed by atoms with Crippen molar-refractivity contribution in [3.8, 4) is 56.4 Å². The van der Waals surface area contributed by atoms with Crippen molar-refractivity contribution in [3.05, 3.63) is 126 Å². The highest BCUT2D eigenvalue weighted by atomic mass is 32.1. The number of para-hydroxylation sites is 1. The van der Waals surface area contributed by atoms with E-state index in [1.165, 1.54) is 75.1 Å². The monoisotopic (exact) mass is 960 g/mol. The summed E-state index contributed by atoms with van der Waals surface area (Å²) in [5.41, 5.74) is 13.2. The highest BCUT2D eigenvalue weighted by Gasteiger charge is 2.23. The van der Waals surface area contributed by atoms with Crippen LogP contribution < -0.4 is 23.8 Å². The SMILES string of the molecule is CCCCCCOc1cc(-c2ccc(-c3cc(OCCCCCC)c(-c4ccc(N(c5ccccc5)c5ccc(C)cc5)cc4)cc3OCCCCCC)c3nsnc23)c(OCCCCCC)cc1C. The molecule has 7 rings (SSSR count). The Morgan fingerprint density at radius 1 is 0.386 bits per heavy atom. The van der Waals surface area contributed by atoms with E-state index in [1.54, 1.807) is 0 Å². The van der Waals surface area contributed by atoms with Crippen molar-refractivity contribution >= 4 is 39.8 Å². The van der Waals surface area contributed by atoms with Gasteiger partial charge in [0.2, 0.25) is 0 Å². The summed E-state index contributed by atoms with van der Waals surface area (Å²) in [7, 11) is 0. The first-order valence-corrected chi connectivity index (χ1v) is 27.3. The van der Waals surface area contributed by atoms with Gasteiger partial charge in [-0.15, -0.1) is 0 Å². The van der Waals surface area contributed by atoms with Gasteiger partial charge in [-0.25, -0.2) is 0 Å². The lowest BCUT2D eigenvalue weighted by Crippen LogP contribution is -2.09. The van der Waals surface area contributed by atoms with Crippen LogP contribution in [0.1, 0.15) is 142 Å². The van der Waals surface area contributed by atoms with Crippen molar-refractivity contribution in [2.24, 2.45) is 0 Å². The summed E-state index contributed by atoms with van der Waals surface area (Å²) in [5, 5.41) is 0. The van der Waals surface area contributed by atoms with Gasteiger partial charge in [-0.1, -0.05) is 165 Å².